The Morgan fingerprint density at radius 3 is 1.70 bits per heavy atom. The van der Waals surface area contributed by atoms with Gasteiger partial charge in [0.05, 0.1) is 28.4 Å². The molecule has 1 aliphatic heterocycles. The van der Waals surface area contributed by atoms with Gasteiger partial charge in [-0.25, -0.2) is 0 Å². The van der Waals surface area contributed by atoms with Gasteiger partial charge in [0.25, 0.3) is 0 Å². The van der Waals surface area contributed by atoms with Crippen molar-refractivity contribution in [3.63, 3.8) is 0 Å². The van der Waals surface area contributed by atoms with Crippen molar-refractivity contribution >= 4 is 21.8 Å². The summed E-state index contributed by atoms with van der Waals surface area (Å²) in [5.74, 6) is 1.74. The Kier molecular flexibility index (Phi) is 5.88. The van der Waals surface area contributed by atoms with Crippen LogP contribution in [0.4, 0.5) is 0 Å². The standard InChI is InChI=1S/C43H26N2O/c44-27-28-15-17-29(18-16-28)30-19-21-31(22-20-30)32-7-5-8-33(23-32)34-9-6-10-35(24-34)36-25-38-37-11-1-2-12-39(37)45-40-13-3-4-14-41(40)46-42(26-36)43(38)45/h1-26H. The van der Waals surface area contributed by atoms with Crippen LogP contribution < -0.4 is 4.74 Å². The van der Waals surface area contributed by atoms with Gasteiger partial charge >= 0.3 is 0 Å². The molecule has 8 aromatic rings. The lowest BCUT2D eigenvalue weighted by atomic mass is 9.95. The zero-order valence-electron chi connectivity index (χ0n) is 24.8. The molecule has 1 aromatic heterocycles. The van der Waals surface area contributed by atoms with E-state index in [4.69, 9.17) is 10.00 Å². The van der Waals surface area contributed by atoms with E-state index in [0.717, 1.165) is 56.1 Å². The van der Waals surface area contributed by atoms with Crippen molar-refractivity contribution in [2.75, 3.05) is 0 Å². The fraction of sp³-hybridized carbons (Fsp3) is 0. The maximum absolute atomic E-state index is 9.11. The number of hydrogen-bond donors (Lipinski definition) is 0. The van der Waals surface area contributed by atoms with Crippen LogP contribution in [-0.4, -0.2) is 4.57 Å². The topological polar surface area (TPSA) is 38.0 Å². The predicted octanol–water partition coefficient (Wildman–Crippen LogP) is 11.4. The number of para-hydroxylation sites is 3. The first-order chi connectivity index (χ1) is 22.7. The Balaban J connectivity index is 1.09. The third-order valence-corrected chi connectivity index (χ3v) is 9.02. The molecular weight excluding hydrogens is 560 g/mol. The minimum absolute atomic E-state index is 0.670. The highest BCUT2D eigenvalue weighted by atomic mass is 16.5. The normalized spacial score (nSPS) is 11.6. The van der Waals surface area contributed by atoms with Gasteiger partial charge in [-0.15, -0.1) is 0 Å². The molecule has 3 heteroatoms. The molecule has 0 amide bonds. The molecule has 2 heterocycles. The van der Waals surface area contributed by atoms with Crippen LogP contribution in [0.2, 0.25) is 0 Å². The second-order valence-corrected chi connectivity index (χ2v) is 11.7. The molecule has 214 valence electrons. The van der Waals surface area contributed by atoms with Crippen LogP contribution >= 0.6 is 0 Å². The second kappa shape index (κ2) is 10.4. The predicted molar refractivity (Wildman–Crippen MR) is 187 cm³/mol. The fourth-order valence-electron chi connectivity index (χ4n) is 6.75. The van der Waals surface area contributed by atoms with E-state index in [1.807, 2.05) is 36.4 Å². The number of fused-ring (bicyclic) bond motifs is 5. The van der Waals surface area contributed by atoms with Crippen LogP contribution in [0, 0.1) is 11.3 Å². The Morgan fingerprint density at radius 1 is 0.435 bits per heavy atom. The molecule has 0 saturated carbocycles. The minimum Gasteiger partial charge on any atom is -0.453 e. The lowest BCUT2D eigenvalue weighted by Gasteiger charge is -2.21. The molecular formula is C43H26N2O. The Bertz CT molecular complexity index is 2500. The van der Waals surface area contributed by atoms with Gasteiger partial charge in [0, 0.05) is 10.8 Å². The van der Waals surface area contributed by atoms with E-state index in [9.17, 15) is 0 Å². The number of ether oxygens (including phenoxy) is 1. The van der Waals surface area contributed by atoms with E-state index in [-0.39, 0.29) is 0 Å². The number of benzene rings is 7. The first kappa shape index (κ1) is 26.1. The van der Waals surface area contributed by atoms with E-state index in [0.29, 0.717) is 5.56 Å². The van der Waals surface area contributed by atoms with E-state index < -0.39 is 0 Å². The summed E-state index contributed by atoms with van der Waals surface area (Å²) in [6, 6.07) is 57.4. The SMILES string of the molecule is N#Cc1ccc(-c2ccc(-c3cccc(-c4cccc(-c5cc6c7c(c5)c5ccccc5n7-c5ccccc5O6)c4)c3)cc2)cc1. The molecule has 0 saturated heterocycles. The molecule has 9 rings (SSSR count). The van der Waals surface area contributed by atoms with Gasteiger partial charge in [0.2, 0.25) is 0 Å². The number of aromatic nitrogens is 1. The van der Waals surface area contributed by atoms with Gasteiger partial charge in [0.1, 0.15) is 0 Å². The maximum Gasteiger partial charge on any atom is 0.152 e. The molecule has 0 radical (unpaired) electrons. The van der Waals surface area contributed by atoms with Gasteiger partial charge in [-0.05, 0) is 99.1 Å². The second-order valence-electron chi connectivity index (χ2n) is 11.7. The number of nitriles is 1. The molecule has 0 unspecified atom stereocenters. The van der Waals surface area contributed by atoms with Crippen LogP contribution in [0.5, 0.6) is 11.5 Å². The highest BCUT2D eigenvalue weighted by molar-refractivity contribution is 6.13. The molecule has 0 bridgehead atoms. The van der Waals surface area contributed by atoms with Crippen molar-refractivity contribution < 1.29 is 4.74 Å². The van der Waals surface area contributed by atoms with Crippen LogP contribution in [0.3, 0.4) is 0 Å². The Morgan fingerprint density at radius 2 is 1.00 bits per heavy atom. The van der Waals surface area contributed by atoms with E-state index in [1.165, 1.54) is 27.4 Å². The molecule has 0 fully saturated rings. The minimum atomic E-state index is 0.670. The van der Waals surface area contributed by atoms with Gasteiger partial charge in [-0.1, -0.05) is 103 Å². The number of hydrogen-bond acceptors (Lipinski definition) is 2. The highest BCUT2D eigenvalue weighted by Gasteiger charge is 2.24. The fourth-order valence-corrected chi connectivity index (χ4v) is 6.75. The summed E-state index contributed by atoms with van der Waals surface area (Å²) in [4.78, 5) is 0. The van der Waals surface area contributed by atoms with Gasteiger partial charge < -0.3 is 9.30 Å². The van der Waals surface area contributed by atoms with Gasteiger partial charge in [-0.3, -0.25) is 0 Å². The summed E-state index contributed by atoms with van der Waals surface area (Å²) >= 11 is 0. The quantitative estimate of drug-likeness (QED) is 0.206. The first-order valence-electron chi connectivity index (χ1n) is 15.4. The largest absolute Gasteiger partial charge is 0.453 e. The summed E-state index contributed by atoms with van der Waals surface area (Å²) in [7, 11) is 0. The van der Waals surface area contributed by atoms with Gasteiger partial charge in [-0.2, -0.15) is 5.26 Å². The molecule has 1 aliphatic rings. The summed E-state index contributed by atoms with van der Waals surface area (Å²) in [6.45, 7) is 0. The van der Waals surface area contributed by atoms with Crippen molar-refractivity contribution in [3.8, 4) is 67.8 Å². The van der Waals surface area contributed by atoms with Crippen LogP contribution in [0.1, 0.15) is 5.56 Å². The molecule has 0 spiro atoms. The van der Waals surface area contributed by atoms with Crippen LogP contribution in [-0.2, 0) is 0 Å². The van der Waals surface area contributed by atoms with Crippen molar-refractivity contribution in [1.29, 1.82) is 5.26 Å². The van der Waals surface area contributed by atoms with Gasteiger partial charge in [0.15, 0.2) is 11.5 Å². The Labute approximate surface area is 266 Å². The maximum atomic E-state index is 9.11. The molecule has 0 atom stereocenters. The zero-order valence-corrected chi connectivity index (χ0v) is 24.8. The molecule has 3 nitrogen and oxygen atoms in total. The van der Waals surface area contributed by atoms with Crippen LogP contribution in [0.15, 0.2) is 158 Å². The average molecular weight is 587 g/mol. The Hall–Kier alpha value is -6.37. The number of rotatable bonds is 4. The van der Waals surface area contributed by atoms with Crippen molar-refractivity contribution in [1.82, 2.24) is 4.57 Å². The number of nitrogens with zero attached hydrogens (tertiary/aromatic N) is 2. The summed E-state index contributed by atoms with van der Waals surface area (Å²) < 4.78 is 8.87. The lowest BCUT2D eigenvalue weighted by molar-refractivity contribution is 0.476. The first-order valence-corrected chi connectivity index (χ1v) is 15.4. The average Bonchev–Trinajstić information content (AvgIpc) is 3.47. The summed E-state index contributed by atoms with van der Waals surface area (Å²) in [6.07, 6.45) is 0. The third-order valence-electron chi connectivity index (χ3n) is 9.02. The van der Waals surface area contributed by atoms with Crippen molar-refractivity contribution in [2.24, 2.45) is 0 Å². The smallest absolute Gasteiger partial charge is 0.152 e. The van der Waals surface area contributed by atoms with Crippen molar-refractivity contribution in [3.05, 3.63) is 163 Å². The molecule has 46 heavy (non-hydrogen) atoms. The molecule has 0 aliphatic carbocycles. The van der Waals surface area contributed by atoms with E-state index in [1.54, 1.807) is 0 Å². The molecule has 0 N–H and O–H groups in total. The highest BCUT2D eigenvalue weighted by Crippen LogP contribution is 2.47. The molecule has 7 aromatic carbocycles. The van der Waals surface area contributed by atoms with E-state index >= 15 is 0 Å². The van der Waals surface area contributed by atoms with Crippen molar-refractivity contribution in [2.45, 2.75) is 0 Å². The monoisotopic (exact) mass is 586 g/mol. The lowest BCUT2D eigenvalue weighted by Crippen LogP contribution is -2.03. The summed E-state index contributed by atoms with van der Waals surface area (Å²) in [5.41, 5.74) is 13.2. The summed E-state index contributed by atoms with van der Waals surface area (Å²) in [5, 5.41) is 11.5. The van der Waals surface area contributed by atoms with E-state index in [2.05, 4.69) is 132 Å². The van der Waals surface area contributed by atoms with Crippen LogP contribution in [0.25, 0.3) is 72.0 Å². The third kappa shape index (κ3) is 4.20. The zero-order chi connectivity index (χ0) is 30.6.